The molecule has 3 heterocycles. The van der Waals surface area contributed by atoms with Gasteiger partial charge in [0.05, 0.1) is 5.69 Å². The highest BCUT2D eigenvalue weighted by Gasteiger charge is 2.24. The molecule has 184 valence electrons. The molecule has 2 amide bonds. The van der Waals surface area contributed by atoms with Crippen LogP contribution in [0.2, 0.25) is 10.0 Å². The molecule has 0 saturated carbocycles. The van der Waals surface area contributed by atoms with Crippen LogP contribution in [0.25, 0.3) is 16.9 Å². The predicted octanol–water partition coefficient (Wildman–Crippen LogP) is 4.00. The van der Waals surface area contributed by atoms with Gasteiger partial charge in [0.2, 0.25) is 0 Å². The average molecular weight is 521 g/mol. The van der Waals surface area contributed by atoms with Crippen molar-refractivity contribution in [3.63, 3.8) is 0 Å². The Bertz CT molecular complexity index is 1390. The van der Waals surface area contributed by atoms with E-state index in [0.29, 0.717) is 35.6 Å². The van der Waals surface area contributed by atoms with E-state index in [4.69, 9.17) is 28.2 Å². The van der Waals surface area contributed by atoms with E-state index in [1.54, 1.807) is 0 Å². The van der Waals surface area contributed by atoms with Crippen LogP contribution in [-0.2, 0) is 6.54 Å². The molecule has 5 rings (SSSR count). The Morgan fingerprint density at radius 3 is 2.69 bits per heavy atom. The van der Waals surface area contributed by atoms with E-state index in [2.05, 4.69) is 15.7 Å². The lowest BCUT2D eigenvalue weighted by Gasteiger charge is -2.33. The lowest BCUT2D eigenvalue weighted by molar-refractivity contribution is 0.168. The molecule has 10 heteroatoms. The number of nitrogens with one attached hydrogen (secondary N) is 2. The van der Waals surface area contributed by atoms with Crippen LogP contribution >= 0.6 is 23.2 Å². The van der Waals surface area contributed by atoms with Gasteiger partial charge in [-0.2, -0.15) is 9.61 Å². The molecule has 0 bridgehead atoms. The molecular formula is C26H27BCl2N6O. The number of halogens is 2. The van der Waals surface area contributed by atoms with Crippen molar-refractivity contribution in [1.29, 1.82) is 0 Å². The smallest absolute Gasteiger partial charge is 0.317 e. The van der Waals surface area contributed by atoms with Crippen LogP contribution in [-0.4, -0.2) is 53.0 Å². The number of fused-ring (bicyclic) bond motifs is 1. The van der Waals surface area contributed by atoms with E-state index in [9.17, 15) is 4.79 Å². The van der Waals surface area contributed by atoms with Crippen LogP contribution in [0.5, 0.6) is 0 Å². The summed E-state index contributed by atoms with van der Waals surface area (Å²) in [7, 11) is 2.00. The molecule has 2 aromatic heterocycles. The Hall–Kier alpha value is -3.23. The van der Waals surface area contributed by atoms with Crippen molar-refractivity contribution in [2.75, 3.05) is 25.0 Å². The maximum absolute atomic E-state index is 12.8. The number of hydrogen-bond acceptors (Lipinski definition) is 4. The zero-order chi connectivity index (χ0) is 25.1. The summed E-state index contributed by atoms with van der Waals surface area (Å²) in [6.45, 7) is 2.56. The Balaban J connectivity index is 1.27. The first-order chi connectivity index (χ1) is 17.5. The van der Waals surface area contributed by atoms with Gasteiger partial charge in [0.15, 0.2) is 5.65 Å². The van der Waals surface area contributed by atoms with Crippen molar-refractivity contribution in [1.82, 2.24) is 24.8 Å². The monoisotopic (exact) mass is 520 g/mol. The molecule has 0 spiro atoms. The van der Waals surface area contributed by atoms with E-state index in [1.807, 2.05) is 78.1 Å². The minimum atomic E-state index is -0.0605. The second-order valence-corrected chi connectivity index (χ2v) is 9.97. The molecule has 1 atom stereocenters. The Morgan fingerprint density at radius 2 is 1.89 bits per heavy atom. The lowest BCUT2D eigenvalue weighted by Crippen LogP contribution is -2.46. The fourth-order valence-corrected chi connectivity index (χ4v) is 5.03. The van der Waals surface area contributed by atoms with Gasteiger partial charge in [0, 0.05) is 54.1 Å². The number of urea groups is 1. The molecule has 2 aromatic carbocycles. The SMILES string of the molecule is Bc1cnn2c(NCC3CCCN(C(=O)NCc4ccccc4Cl)C3)cc(-c3ccccc3Cl)nc12. The van der Waals surface area contributed by atoms with Gasteiger partial charge in [-0.3, -0.25) is 0 Å². The number of rotatable bonds is 6. The zero-order valence-corrected chi connectivity index (χ0v) is 21.6. The number of anilines is 1. The van der Waals surface area contributed by atoms with Crippen molar-refractivity contribution < 1.29 is 4.79 Å². The number of nitrogens with zero attached hydrogens (tertiary/aromatic N) is 4. The van der Waals surface area contributed by atoms with E-state index in [1.165, 1.54) is 0 Å². The fourth-order valence-electron chi connectivity index (χ4n) is 4.59. The molecule has 2 N–H and O–H groups in total. The largest absolute Gasteiger partial charge is 0.370 e. The topological polar surface area (TPSA) is 74.6 Å². The summed E-state index contributed by atoms with van der Waals surface area (Å²) in [4.78, 5) is 19.5. The average Bonchev–Trinajstić information content (AvgIpc) is 3.27. The standard InChI is InChI=1S/C26H27BCl2N6O/c27-20-15-32-35-24(12-23(33-25(20)35)19-8-2-4-10-22(19)29)30-13-17-6-5-11-34(16-17)26(36)31-14-18-7-1-3-9-21(18)28/h1-4,7-10,12,15,17,30H,5-6,11,13-14,16,27H2,(H,31,36). The van der Waals surface area contributed by atoms with Gasteiger partial charge >= 0.3 is 6.03 Å². The minimum absolute atomic E-state index is 0.0605. The van der Waals surface area contributed by atoms with Crippen molar-refractivity contribution in [3.8, 4) is 11.3 Å². The Kier molecular flexibility index (Phi) is 7.34. The van der Waals surface area contributed by atoms with Crippen molar-refractivity contribution in [3.05, 3.63) is 76.4 Å². The Morgan fingerprint density at radius 1 is 1.11 bits per heavy atom. The van der Waals surface area contributed by atoms with Crippen LogP contribution in [0.1, 0.15) is 18.4 Å². The highest BCUT2D eigenvalue weighted by Crippen LogP contribution is 2.28. The van der Waals surface area contributed by atoms with Crippen LogP contribution in [0.15, 0.2) is 60.8 Å². The third-order valence-corrected chi connectivity index (χ3v) is 7.26. The maximum atomic E-state index is 12.8. The minimum Gasteiger partial charge on any atom is -0.370 e. The number of piperidine rings is 1. The van der Waals surface area contributed by atoms with Gasteiger partial charge in [-0.25, -0.2) is 9.78 Å². The van der Waals surface area contributed by atoms with Crippen molar-refractivity contribution in [2.45, 2.75) is 19.4 Å². The molecular weight excluding hydrogens is 494 g/mol. The molecule has 0 aliphatic carbocycles. The number of aromatic nitrogens is 3. The molecule has 1 aliphatic rings. The molecule has 1 saturated heterocycles. The van der Waals surface area contributed by atoms with Gasteiger partial charge in [0.25, 0.3) is 0 Å². The first-order valence-corrected chi connectivity index (χ1v) is 12.9. The maximum Gasteiger partial charge on any atom is 0.317 e. The zero-order valence-electron chi connectivity index (χ0n) is 20.0. The second kappa shape index (κ2) is 10.8. The number of benzene rings is 2. The number of carbonyl (C=O) groups excluding carboxylic acids is 1. The van der Waals surface area contributed by atoms with Crippen molar-refractivity contribution in [2.24, 2.45) is 5.92 Å². The summed E-state index contributed by atoms with van der Waals surface area (Å²) < 4.78 is 1.83. The van der Waals surface area contributed by atoms with E-state index in [-0.39, 0.29) is 6.03 Å². The number of likely N-dealkylation sites (tertiary alicyclic amines) is 1. The summed E-state index contributed by atoms with van der Waals surface area (Å²) in [6.07, 6.45) is 3.82. The summed E-state index contributed by atoms with van der Waals surface area (Å²) in [6, 6.07) is 17.2. The van der Waals surface area contributed by atoms with Crippen LogP contribution in [0.3, 0.4) is 0 Å². The summed E-state index contributed by atoms with van der Waals surface area (Å²) in [5, 5.41) is 12.4. The molecule has 7 nitrogen and oxygen atoms in total. The fraction of sp³-hybridized carbons (Fsp3) is 0.269. The number of hydrogen-bond donors (Lipinski definition) is 2. The van der Waals surface area contributed by atoms with E-state index < -0.39 is 0 Å². The van der Waals surface area contributed by atoms with Gasteiger partial charge in [0.1, 0.15) is 13.7 Å². The van der Waals surface area contributed by atoms with Crippen LogP contribution < -0.4 is 16.1 Å². The third kappa shape index (κ3) is 5.30. The second-order valence-electron chi connectivity index (χ2n) is 9.15. The lowest BCUT2D eigenvalue weighted by atomic mass is 9.98. The molecule has 4 aromatic rings. The van der Waals surface area contributed by atoms with Crippen LogP contribution in [0, 0.1) is 5.92 Å². The predicted molar refractivity (Wildman–Crippen MR) is 148 cm³/mol. The molecule has 36 heavy (non-hydrogen) atoms. The van der Waals surface area contributed by atoms with Gasteiger partial charge < -0.3 is 15.5 Å². The normalized spacial score (nSPS) is 15.7. The number of amides is 2. The third-order valence-electron chi connectivity index (χ3n) is 6.56. The van der Waals surface area contributed by atoms with Gasteiger partial charge in [-0.1, -0.05) is 59.6 Å². The van der Waals surface area contributed by atoms with Gasteiger partial charge in [-0.05, 0) is 41.9 Å². The first kappa shape index (κ1) is 24.5. The summed E-state index contributed by atoms with van der Waals surface area (Å²) in [5.74, 6) is 1.16. The molecule has 1 unspecified atom stereocenters. The van der Waals surface area contributed by atoms with Crippen molar-refractivity contribution >= 4 is 54.0 Å². The summed E-state index contributed by atoms with van der Waals surface area (Å²) in [5.41, 5.74) is 4.37. The van der Waals surface area contributed by atoms with E-state index in [0.717, 1.165) is 53.1 Å². The summed E-state index contributed by atoms with van der Waals surface area (Å²) >= 11 is 12.7. The van der Waals surface area contributed by atoms with Gasteiger partial charge in [-0.15, -0.1) is 0 Å². The molecule has 1 aliphatic heterocycles. The first-order valence-electron chi connectivity index (χ1n) is 12.1. The Labute approximate surface area is 221 Å². The quantitative estimate of drug-likeness (QED) is 0.377. The number of carbonyl (C=O) groups is 1. The molecule has 1 fully saturated rings. The van der Waals surface area contributed by atoms with E-state index >= 15 is 0 Å². The highest BCUT2D eigenvalue weighted by atomic mass is 35.5. The molecule has 0 radical (unpaired) electrons. The van der Waals surface area contributed by atoms with Crippen LogP contribution in [0.4, 0.5) is 10.6 Å². The highest BCUT2D eigenvalue weighted by molar-refractivity contribution is 6.36.